The molecule has 0 bridgehead atoms. The van der Waals surface area contributed by atoms with Crippen molar-refractivity contribution in [1.29, 1.82) is 0 Å². The Morgan fingerprint density at radius 1 is 0.667 bits per heavy atom. The van der Waals surface area contributed by atoms with Gasteiger partial charge < -0.3 is 0 Å². The lowest BCUT2D eigenvalue weighted by molar-refractivity contribution is 0.168. The van der Waals surface area contributed by atoms with Crippen LogP contribution in [-0.2, 0) is 0 Å². The van der Waals surface area contributed by atoms with Gasteiger partial charge in [0, 0.05) is 0 Å². The van der Waals surface area contributed by atoms with Gasteiger partial charge in [-0.05, 0) is 36.0 Å². The van der Waals surface area contributed by atoms with Gasteiger partial charge in [0.15, 0.2) is 0 Å². The molecule has 18 heavy (non-hydrogen) atoms. The van der Waals surface area contributed by atoms with Gasteiger partial charge in [-0.25, -0.2) is 0 Å². The van der Waals surface area contributed by atoms with Crippen LogP contribution in [0, 0.1) is 35.5 Å². The summed E-state index contributed by atoms with van der Waals surface area (Å²) in [6.07, 6.45) is 2.70. The van der Waals surface area contributed by atoms with Crippen molar-refractivity contribution in [3.05, 3.63) is 0 Å². The summed E-state index contributed by atoms with van der Waals surface area (Å²) in [4.78, 5) is 0. The highest BCUT2D eigenvalue weighted by molar-refractivity contribution is 6.12. The summed E-state index contributed by atoms with van der Waals surface area (Å²) >= 11 is 0. The molecule has 1 heteroatoms. The lowest BCUT2D eigenvalue weighted by Gasteiger charge is -2.37. The van der Waals surface area contributed by atoms with Crippen LogP contribution >= 0.6 is 0 Å². The Morgan fingerprint density at radius 2 is 1.17 bits per heavy atom. The Bertz CT molecular complexity index is 208. The van der Waals surface area contributed by atoms with Crippen LogP contribution in [0.4, 0.5) is 0 Å². The van der Waals surface area contributed by atoms with Crippen molar-refractivity contribution in [3.63, 3.8) is 0 Å². The van der Waals surface area contributed by atoms with Crippen molar-refractivity contribution in [1.82, 2.24) is 0 Å². The van der Waals surface area contributed by atoms with Gasteiger partial charge in [-0.3, -0.25) is 0 Å². The quantitative estimate of drug-likeness (QED) is 0.493. The van der Waals surface area contributed by atoms with Crippen molar-refractivity contribution >= 4 is 7.85 Å². The van der Waals surface area contributed by atoms with E-state index in [9.17, 15) is 0 Å². The van der Waals surface area contributed by atoms with Gasteiger partial charge in [-0.15, -0.1) is 0 Å². The molecule has 0 fully saturated rings. The van der Waals surface area contributed by atoms with Crippen LogP contribution in [0.15, 0.2) is 0 Å². The molecule has 0 spiro atoms. The van der Waals surface area contributed by atoms with Crippen LogP contribution in [0.25, 0.3) is 0 Å². The third-order valence-corrected chi connectivity index (χ3v) is 4.82. The summed E-state index contributed by atoms with van der Waals surface area (Å²) < 4.78 is 0. The average molecular weight is 250 g/mol. The van der Waals surface area contributed by atoms with Crippen LogP contribution in [-0.4, -0.2) is 7.85 Å². The van der Waals surface area contributed by atoms with E-state index in [0.717, 1.165) is 23.7 Å². The van der Waals surface area contributed by atoms with Crippen molar-refractivity contribution in [2.45, 2.75) is 74.0 Å². The molecule has 0 amide bonds. The van der Waals surface area contributed by atoms with Gasteiger partial charge in [-0.2, -0.15) is 0 Å². The highest BCUT2D eigenvalue weighted by Gasteiger charge is 2.29. The second-order valence-corrected chi connectivity index (χ2v) is 7.42. The third-order valence-electron chi connectivity index (χ3n) is 4.82. The molecule has 0 aromatic heterocycles. The summed E-state index contributed by atoms with van der Waals surface area (Å²) in [6, 6.07) is 0. The first-order chi connectivity index (χ1) is 8.18. The number of hydrogen-bond donors (Lipinski definition) is 0. The molecule has 0 rings (SSSR count). The summed E-state index contributed by atoms with van der Waals surface area (Å²) in [6.45, 7) is 18.6. The maximum Gasteiger partial charge on any atom is 0.0706 e. The normalized spacial score (nSPS) is 19.3. The topological polar surface area (TPSA) is 0 Å². The minimum absolute atomic E-state index is 0.334. The third kappa shape index (κ3) is 5.80. The first-order valence-electron chi connectivity index (χ1n) is 7.94. The number of rotatable bonds is 8. The molecule has 0 saturated carbocycles. The fourth-order valence-corrected chi connectivity index (χ4v) is 3.08. The monoisotopic (exact) mass is 250 g/mol. The SMILES string of the molecule is [B]C(C(C)C)C(C)C(C)C(CCC(C)C)C(C)C. The van der Waals surface area contributed by atoms with Crippen LogP contribution in [0.2, 0.25) is 5.82 Å². The summed E-state index contributed by atoms with van der Waals surface area (Å²) in [5, 5.41) is 0. The predicted octanol–water partition coefficient (Wildman–Crippen LogP) is 5.58. The largest absolute Gasteiger partial charge is 0.0723 e. The Kier molecular flexibility index (Phi) is 8.31. The molecule has 0 aromatic carbocycles. The van der Waals surface area contributed by atoms with Gasteiger partial charge >= 0.3 is 0 Å². The van der Waals surface area contributed by atoms with E-state index in [4.69, 9.17) is 7.85 Å². The predicted molar refractivity (Wildman–Crippen MR) is 85.1 cm³/mol. The first-order valence-corrected chi connectivity index (χ1v) is 7.94. The van der Waals surface area contributed by atoms with Gasteiger partial charge in [0.2, 0.25) is 0 Å². The molecule has 0 aromatic rings. The standard InChI is InChI=1S/C17H35B/c1-11(2)9-10-16(12(3)4)14(7)15(8)17(18)13(5)6/h11-17H,9-10H2,1-8H3. The maximum absolute atomic E-state index is 6.35. The molecule has 0 N–H and O–H groups in total. The van der Waals surface area contributed by atoms with E-state index in [-0.39, 0.29) is 0 Å². The summed E-state index contributed by atoms with van der Waals surface area (Å²) in [5.41, 5.74) is 0. The molecule has 0 aliphatic rings. The number of hydrogen-bond acceptors (Lipinski definition) is 0. The molecular weight excluding hydrogens is 215 g/mol. The van der Waals surface area contributed by atoms with E-state index in [1.807, 2.05) is 0 Å². The fourth-order valence-electron chi connectivity index (χ4n) is 3.08. The van der Waals surface area contributed by atoms with Gasteiger partial charge in [0.1, 0.15) is 0 Å². The molecule has 0 heterocycles. The summed E-state index contributed by atoms with van der Waals surface area (Å²) in [7, 11) is 6.35. The molecule has 0 saturated heterocycles. The molecule has 0 aliphatic heterocycles. The molecular formula is C17H35B. The first kappa shape index (κ1) is 18.1. The van der Waals surface area contributed by atoms with Gasteiger partial charge in [0.25, 0.3) is 0 Å². The van der Waals surface area contributed by atoms with E-state index in [1.54, 1.807) is 0 Å². The zero-order valence-electron chi connectivity index (χ0n) is 14.0. The second kappa shape index (κ2) is 8.28. The minimum Gasteiger partial charge on any atom is -0.0723 e. The van der Waals surface area contributed by atoms with E-state index in [2.05, 4.69) is 55.4 Å². The van der Waals surface area contributed by atoms with Gasteiger partial charge in [-0.1, -0.05) is 73.5 Å². The van der Waals surface area contributed by atoms with E-state index >= 15 is 0 Å². The van der Waals surface area contributed by atoms with Crippen LogP contribution < -0.4 is 0 Å². The zero-order valence-corrected chi connectivity index (χ0v) is 14.0. The zero-order chi connectivity index (χ0) is 14.5. The minimum atomic E-state index is 0.334. The van der Waals surface area contributed by atoms with Crippen LogP contribution in [0.3, 0.4) is 0 Å². The lowest BCUT2D eigenvalue weighted by atomic mass is 9.62. The fraction of sp³-hybridized carbons (Fsp3) is 1.00. The smallest absolute Gasteiger partial charge is 0.0706 e. The average Bonchev–Trinajstić information content (AvgIpc) is 2.25. The highest BCUT2D eigenvalue weighted by atomic mass is 14.3. The Balaban J connectivity index is 4.59. The molecule has 0 aliphatic carbocycles. The Morgan fingerprint density at radius 3 is 1.50 bits per heavy atom. The molecule has 4 unspecified atom stereocenters. The van der Waals surface area contributed by atoms with Crippen molar-refractivity contribution in [2.75, 3.05) is 0 Å². The van der Waals surface area contributed by atoms with Crippen LogP contribution in [0.1, 0.15) is 68.2 Å². The van der Waals surface area contributed by atoms with Crippen LogP contribution in [0.5, 0.6) is 0 Å². The van der Waals surface area contributed by atoms with Crippen molar-refractivity contribution < 1.29 is 0 Å². The molecule has 106 valence electrons. The van der Waals surface area contributed by atoms with E-state index < -0.39 is 0 Å². The Labute approximate surface area is 118 Å². The lowest BCUT2D eigenvalue weighted by Crippen LogP contribution is -2.28. The van der Waals surface area contributed by atoms with Crippen molar-refractivity contribution in [2.24, 2.45) is 35.5 Å². The van der Waals surface area contributed by atoms with Crippen molar-refractivity contribution in [3.8, 4) is 0 Å². The summed E-state index contributed by atoms with van der Waals surface area (Å²) in [5.74, 6) is 4.65. The van der Waals surface area contributed by atoms with Gasteiger partial charge in [0.05, 0.1) is 7.85 Å². The molecule has 0 nitrogen and oxygen atoms in total. The van der Waals surface area contributed by atoms with E-state index in [1.165, 1.54) is 12.8 Å². The van der Waals surface area contributed by atoms with E-state index in [0.29, 0.717) is 17.7 Å². The molecule has 4 atom stereocenters. The second-order valence-electron chi connectivity index (χ2n) is 7.42. The molecule has 2 radical (unpaired) electrons. The maximum atomic E-state index is 6.35. The highest BCUT2D eigenvalue weighted by Crippen LogP contribution is 2.38. The Hall–Kier alpha value is 0.0649.